The summed E-state index contributed by atoms with van der Waals surface area (Å²) >= 11 is 3.91. The van der Waals surface area contributed by atoms with Gasteiger partial charge in [-0.25, -0.2) is 0 Å². The van der Waals surface area contributed by atoms with Gasteiger partial charge in [0.15, 0.2) is 0 Å². The van der Waals surface area contributed by atoms with Crippen molar-refractivity contribution in [2.45, 2.75) is 104 Å². The number of fused-ring (bicyclic) bond motifs is 18. The molecule has 13 aromatic rings. The lowest BCUT2D eigenvalue weighted by molar-refractivity contribution is 0.571. The first kappa shape index (κ1) is 43.6. The Labute approximate surface area is 418 Å². The second kappa shape index (κ2) is 18.4. The fourth-order valence-corrected chi connectivity index (χ4v) is 14.9. The third kappa shape index (κ3) is 7.16. The fourth-order valence-electron chi connectivity index (χ4n) is 12.3. The Morgan fingerprint density at radius 2 is 0.700 bits per heavy atom. The first-order valence-corrected chi connectivity index (χ1v) is 28.0. The second-order valence-electron chi connectivity index (χ2n) is 20.0. The van der Waals surface area contributed by atoms with Crippen LogP contribution in [0.3, 0.4) is 0 Å². The van der Waals surface area contributed by atoms with Gasteiger partial charge in [0.1, 0.15) is 0 Å². The van der Waals surface area contributed by atoms with E-state index >= 15 is 0 Å². The van der Waals surface area contributed by atoms with Crippen LogP contribution in [-0.4, -0.2) is 9.13 Å². The Bertz CT molecular complexity index is 3830. The largest absolute Gasteiger partial charge is 0.340 e. The minimum atomic E-state index is 1.03. The Kier molecular flexibility index (Phi) is 11.4. The van der Waals surface area contributed by atoms with Crippen molar-refractivity contribution in [2.75, 3.05) is 0 Å². The summed E-state index contributed by atoms with van der Waals surface area (Å²) in [6.07, 6.45) is 15.5. The van der Waals surface area contributed by atoms with Crippen molar-refractivity contribution in [1.82, 2.24) is 9.13 Å². The molecule has 4 heteroatoms. The average Bonchev–Trinajstić information content (AvgIpc) is 4.16. The van der Waals surface area contributed by atoms with E-state index in [-0.39, 0.29) is 0 Å². The van der Waals surface area contributed by atoms with Crippen LogP contribution in [-0.2, 0) is 13.1 Å². The van der Waals surface area contributed by atoms with Crippen molar-refractivity contribution in [3.8, 4) is 22.3 Å². The molecule has 0 saturated heterocycles. The SMILES string of the molecule is CCCCCCCCn1c2ccccc2c2cc(-c3ccc(-c4cc5c6ccccc6n(CCCCCCCC)c5c5ccc6c7ccccc7sc6c45)cc3)c3c(ccc4c5ccccc5sc43)c21. The van der Waals surface area contributed by atoms with Crippen LogP contribution in [0.1, 0.15) is 90.9 Å². The minimum Gasteiger partial charge on any atom is -0.340 e. The van der Waals surface area contributed by atoms with Crippen LogP contribution in [0.15, 0.2) is 158 Å². The number of hydrogen-bond donors (Lipinski definition) is 0. The lowest BCUT2D eigenvalue weighted by Gasteiger charge is -2.15. The standard InChI is InChI=1S/C66H60N2S2/c1-3-5-7-9-11-21-39-67-57-27-17-13-23-45(57)55-41-53(61-51(63(55)67)37-35-49-47-25-15-19-29-59(47)69-65(49)61)43-31-33-44(34-32-43)54-42-56-46-24-14-18-28-58(46)68(40-22-12-10-8-6-4-2)64(56)52-38-36-50-48-26-16-20-30-60(48)70-66(50)62(52)54/h13-20,23-38,41-42H,3-12,21-22,39-40H2,1-2H3. The maximum atomic E-state index is 2.67. The molecule has 0 spiro atoms. The first-order valence-electron chi connectivity index (χ1n) is 26.4. The zero-order valence-electron chi connectivity index (χ0n) is 40.6. The topological polar surface area (TPSA) is 9.86 Å². The highest BCUT2D eigenvalue weighted by atomic mass is 32.1. The van der Waals surface area contributed by atoms with Crippen LogP contribution in [0.25, 0.3) is 128 Å². The number of thiophene rings is 2. The molecule has 0 bridgehead atoms. The van der Waals surface area contributed by atoms with E-state index in [9.17, 15) is 0 Å². The molecule has 0 radical (unpaired) electrons. The van der Waals surface area contributed by atoms with Gasteiger partial charge in [-0.2, -0.15) is 0 Å². The summed E-state index contributed by atoms with van der Waals surface area (Å²) in [5.74, 6) is 0. The summed E-state index contributed by atoms with van der Waals surface area (Å²) in [6.45, 7) is 6.68. The Hall–Kier alpha value is -6.46. The van der Waals surface area contributed by atoms with Crippen LogP contribution in [0, 0.1) is 0 Å². The van der Waals surface area contributed by atoms with Gasteiger partial charge in [-0.3, -0.25) is 0 Å². The third-order valence-electron chi connectivity index (χ3n) is 15.7. The Morgan fingerprint density at radius 1 is 0.329 bits per heavy atom. The molecule has 4 heterocycles. The second-order valence-corrected chi connectivity index (χ2v) is 22.1. The molecule has 0 N–H and O–H groups in total. The summed E-state index contributed by atoms with van der Waals surface area (Å²) in [5, 5.41) is 16.3. The van der Waals surface area contributed by atoms with Gasteiger partial charge in [0.2, 0.25) is 0 Å². The molecular weight excluding hydrogens is 885 g/mol. The number of nitrogens with zero attached hydrogens (tertiary/aromatic N) is 2. The number of unbranched alkanes of at least 4 members (excludes halogenated alkanes) is 10. The van der Waals surface area contributed by atoms with Crippen molar-refractivity contribution in [1.29, 1.82) is 0 Å². The highest BCUT2D eigenvalue weighted by molar-refractivity contribution is 7.27. The van der Waals surface area contributed by atoms with Gasteiger partial charge in [0.05, 0.1) is 11.0 Å². The van der Waals surface area contributed by atoms with E-state index in [1.54, 1.807) is 0 Å². The number of hydrogen-bond acceptors (Lipinski definition) is 2. The van der Waals surface area contributed by atoms with Gasteiger partial charge >= 0.3 is 0 Å². The molecule has 0 aliphatic heterocycles. The third-order valence-corrected chi connectivity index (χ3v) is 18.1. The number of benzene rings is 9. The molecule has 0 aliphatic carbocycles. The van der Waals surface area contributed by atoms with Crippen LogP contribution in [0.4, 0.5) is 0 Å². The summed E-state index contributed by atoms with van der Waals surface area (Å²) in [6, 6.07) is 60.9. The summed E-state index contributed by atoms with van der Waals surface area (Å²) in [5.41, 5.74) is 10.6. The quantitative estimate of drug-likeness (QED) is 0.0854. The first-order chi connectivity index (χ1) is 34.7. The molecule has 9 aromatic carbocycles. The minimum absolute atomic E-state index is 1.03. The average molecular weight is 945 g/mol. The number of para-hydroxylation sites is 2. The summed E-state index contributed by atoms with van der Waals surface area (Å²) < 4.78 is 10.8. The Balaban J connectivity index is 1.02. The molecule has 346 valence electrons. The van der Waals surface area contributed by atoms with Crippen LogP contribution < -0.4 is 0 Å². The highest BCUT2D eigenvalue weighted by Crippen LogP contribution is 2.49. The molecule has 0 unspecified atom stereocenters. The molecule has 0 saturated carbocycles. The smallest absolute Gasteiger partial charge is 0.0571 e. The van der Waals surface area contributed by atoms with E-state index in [0.29, 0.717) is 0 Å². The molecule has 0 aliphatic rings. The molecule has 13 rings (SSSR count). The summed E-state index contributed by atoms with van der Waals surface area (Å²) in [4.78, 5) is 0. The predicted molar refractivity (Wildman–Crippen MR) is 311 cm³/mol. The monoisotopic (exact) mass is 944 g/mol. The number of aromatic nitrogens is 2. The van der Waals surface area contributed by atoms with Gasteiger partial charge < -0.3 is 9.13 Å². The van der Waals surface area contributed by atoms with E-state index in [4.69, 9.17) is 0 Å². The molecule has 70 heavy (non-hydrogen) atoms. The van der Waals surface area contributed by atoms with Gasteiger partial charge in [-0.15, -0.1) is 22.7 Å². The van der Waals surface area contributed by atoms with Gasteiger partial charge in [0, 0.05) is 108 Å². The normalized spacial score (nSPS) is 12.4. The van der Waals surface area contributed by atoms with Crippen LogP contribution >= 0.6 is 22.7 Å². The van der Waals surface area contributed by atoms with E-state index in [2.05, 4.69) is 181 Å². The maximum absolute atomic E-state index is 2.67. The van der Waals surface area contributed by atoms with Gasteiger partial charge in [-0.05, 0) is 71.5 Å². The van der Waals surface area contributed by atoms with Crippen molar-refractivity contribution in [3.63, 3.8) is 0 Å². The molecule has 4 aromatic heterocycles. The van der Waals surface area contributed by atoms with Gasteiger partial charge in [0.25, 0.3) is 0 Å². The zero-order chi connectivity index (χ0) is 46.7. The van der Waals surface area contributed by atoms with E-state index < -0.39 is 0 Å². The zero-order valence-corrected chi connectivity index (χ0v) is 42.3. The lowest BCUT2D eigenvalue weighted by atomic mass is 9.91. The van der Waals surface area contributed by atoms with Gasteiger partial charge in [-0.1, -0.05) is 199 Å². The van der Waals surface area contributed by atoms with E-state index in [1.165, 1.54) is 205 Å². The molecular formula is C66H60N2S2. The van der Waals surface area contributed by atoms with E-state index in [1.807, 2.05) is 22.7 Å². The van der Waals surface area contributed by atoms with Crippen LogP contribution in [0.2, 0.25) is 0 Å². The lowest BCUT2D eigenvalue weighted by Crippen LogP contribution is -1.99. The number of aryl methyl sites for hydroxylation is 2. The fraction of sp³-hybridized carbons (Fsp3) is 0.242. The molecule has 0 amide bonds. The van der Waals surface area contributed by atoms with Crippen molar-refractivity contribution >= 4 is 128 Å². The van der Waals surface area contributed by atoms with Crippen molar-refractivity contribution in [3.05, 3.63) is 158 Å². The van der Waals surface area contributed by atoms with E-state index in [0.717, 1.165) is 13.1 Å². The van der Waals surface area contributed by atoms with Crippen LogP contribution in [0.5, 0.6) is 0 Å². The molecule has 0 atom stereocenters. The van der Waals surface area contributed by atoms with Crippen molar-refractivity contribution in [2.24, 2.45) is 0 Å². The predicted octanol–water partition coefficient (Wildman–Crippen LogP) is 21.0. The van der Waals surface area contributed by atoms with Crippen molar-refractivity contribution < 1.29 is 0 Å². The highest BCUT2D eigenvalue weighted by Gasteiger charge is 2.23. The molecule has 2 nitrogen and oxygen atoms in total. The maximum Gasteiger partial charge on any atom is 0.0571 e. The Morgan fingerprint density at radius 3 is 1.14 bits per heavy atom. The number of rotatable bonds is 16. The molecule has 0 fully saturated rings. The summed E-state index contributed by atoms with van der Waals surface area (Å²) in [7, 11) is 0.